The maximum absolute atomic E-state index is 5.21. The molecule has 0 radical (unpaired) electrons. The van der Waals surface area contributed by atoms with Gasteiger partial charge in [0.2, 0.25) is 0 Å². The molecule has 0 aromatic heterocycles. The predicted octanol–water partition coefficient (Wildman–Crippen LogP) is 1.72. The van der Waals surface area contributed by atoms with Crippen LogP contribution in [0.5, 0.6) is 0 Å². The third-order valence-corrected chi connectivity index (χ3v) is 2.85. The summed E-state index contributed by atoms with van der Waals surface area (Å²) in [7, 11) is 2.02. The van der Waals surface area contributed by atoms with Crippen molar-refractivity contribution >= 4 is 12.8 Å². The first-order chi connectivity index (χ1) is 5.21. The van der Waals surface area contributed by atoms with E-state index in [9.17, 15) is 0 Å². The predicted molar refractivity (Wildman–Crippen MR) is 49.8 cm³/mol. The van der Waals surface area contributed by atoms with Crippen LogP contribution in [0.15, 0.2) is 0 Å². The Morgan fingerprint density at radius 2 is 2.18 bits per heavy atom. The minimum atomic E-state index is 0.249. The van der Waals surface area contributed by atoms with Crippen LogP contribution in [0, 0.1) is 0 Å². The van der Waals surface area contributed by atoms with Crippen LogP contribution in [-0.4, -0.2) is 30.1 Å². The Kier molecular flexibility index (Phi) is 3.22. The lowest BCUT2D eigenvalue weighted by Gasteiger charge is -2.45. The van der Waals surface area contributed by atoms with Crippen molar-refractivity contribution in [2.75, 3.05) is 20.3 Å². The lowest BCUT2D eigenvalue weighted by Crippen LogP contribution is -2.57. The number of nitrogens with zero attached hydrogens (tertiary/aromatic N) is 1. The third kappa shape index (κ3) is 1.89. The molecular weight excluding hydrogens is 158 g/mol. The first-order valence-electron chi connectivity index (χ1n) is 4.22. The Morgan fingerprint density at radius 3 is 2.45 bits per heavy atom. The van der Waals surface area contributed by atoms with E-state index in [0.29, 0.717) is 0 Å². The van der Waals surface area contributed by atoms with Crippen LogP contribution in [0.25, 0.3) is 0 Å². The molecule has 1 aliphatic rings. The molecule has 3 heteroatoms. The summed E-state index contributed by atoms with van der Waals surface area (Å²) in [5, 5.41) is 0. The van der Waals surface area contributed by atoms with Gasteiger partial charge in [-0.1, -0.05) is 32.6 Å². The van der Waals surface area contributed by atoms with Gasteiger partial charge in [0.05, 0.1) is 18.8 Å². The summed E-state index contributed by atoms with van der Waals surface area (Å²) in [6, 6.07) is 0. The average molecular weight is 175 g/mol. The highest BCUT2D eigenvalue weighted by atomic mass is 32.1. The first kappa shape index (κ1) is 9.36. The fourth-order valence-electron chi connectivity index (χ4n) is 1.34. The van der Waals surface area contributed by atoms with Crippen molar-refractivity contribution < 1.29 is 4.74 Å². The maximum Gasteiger partial charge on any atom is 0.0773 e. The van der Waals surface area contributed by atoms with Gasteiger partial charge in [0, 0.05) is 0 Å². The highest BCUT2D eigenvalue weighted by Crippen LogP contribution is 2.30. The van der Waals surface area contributed by atoms with Gasteiger partial charge in [0.1, 0.15) is 0 Å². The van der Waals surface area contributed by atoms with Crippen molar-refractivity contribution in [3.05, 3.63) is 0 Å². The Balaban J connectivity index is 2.34. The Hall–Kier alpha value is 0.270. The second-order valence-electron chi connectivity index (χ2n) is 3.34. The zero-order valence-corrected chi connectivity index (χ0v) is 8.23. The molecule has 1 heterocycles. The zero-order chi connectivity index (χ0) is 8.32. The number of rotatable bonds is 4. The maximum atomic E-state index is 5.21. The van der Waals surface area contributed by atoms with Gasteiger partial charge in [-0.05, 0) is 13.5 Å². The van der Waals surface area contributed by atoms with Gasteiger partial charge in [-0.15, -0.1) is 0 Å². The third-order valence-electron chi connectivity index (χ3n) is 2.42. The minimum absolute atomic E-state index is 0.249. The van der Waals surface area contributed by atoms with Gasteiger partial charge in [-0.2, -0.15) is 0 Å². The molecule has 0 bridgehead atoms. The molecule has 0 aromatic rings. The first-order valence-corrected chi connectivity index (χ1v) is 4.62. The van der Waals surface area contributed by atoms with Crippen LogP contribution < -0.4 is 0 Å². The van der Waals surface area contributed by atoms with Gasteiger partial charge in [0.15, 0.2) is 0 Å². The number of hydrogen-bond acceptors (Lipinski definition) is 3. The van der Waals surface area contributed by atoms with Crippen molar-refractivity contribution in [2.45, 2.75) is 31.7 Å². The van der Waals surface area contributed by atoms with Crippen LogP contribution in [0.2, 0.25) is 0 Å². The van der Waals surface area contributed by atoms with Crippen LogP contribution >= 0.6 is 12.8 Å². The molecular formula is C8H17NOS. The number of likely N-dealkylation sites (N-methyl/N-ethyl adjacent to an activating group) is 1. The van der Waals surface area contributed by atoms with Gasteiger partial charge < -0.3 is 4.74 Å². The monoisotopic (exact) mass is 175 g/mol. The van der Waals surface area contributed by atoms with Gasteiger partial charge >= 0.3 is 0 Å². The van der Waals surface area contributed by atoms with E-state index in [0.717, 1.165) is 13.2 Å². The molecule has 1 aliphatic heterocycles. The van der Waals surface area contributed by atoms with Crippen molar-refractivity contribution in [1.82, 2.24) is 4.31 Å². The summed E-state index contributed by atoms with van der Waals surface area (Å²) < 4.78 is 7.21. The molecule has 0 saturated carbocycles. The lowest BCUT2D eigenvalue weighted by molar-refractivity contribution is -0.106. The molecule has 66 valence electrons. The molecule has 1 saturated heterocycles. The van der Waals surface area contributed by atoms with Gasteiger partial charge in [-0.25, -0.2) is 4.31 Å². The second kappa shape index (κ2) is 3.78. The molecule has 1 rings (SSSR count). The number of ether oxygens (including phenoxy) is 1. The van der Waals surface area contributed by atoms with E-state index in [4.69, 9.17) is 4.74 Å². The molecule has 0 unspecified atom stereocenters. The topological polar surface area (TPSA) is 12.5 Å². The van der Waals surface area contributed by atoms with E-state index in [1.807, 2.05) is 11.4 Å². The average Bonchev–Trinajstić information content (AvgIpc) is 1.85. The highest BCUT2D eigenvalue weighted by Gasteiger charge is 2.40. The largest absolute Gasteiger partial charge is 0.377 e. The van der Waals surface area contributed by atoms with Crippen molar-refractivity contribution in [3.8, 4) is 0 Å². The van der Waals surface area contributed by atoms with E-state index < -0.39 is 0 Å². The molecule has 0 aromatic carbocycles. The zero-order valence-electron chi connectivity index (χ0n) is 7.34. The van der Waals surface area contributed by atoms with E-state index in [2.05, 4.69) is 19.7 Å². The van der Waals surface area contributed by atoms with Crippen LogP contribution in [0.1, 0.15) is 26.2 Å². The van der Waals surface area contributed by atoms with Crippen LogP contribution in [0.4, 0.5) is 0 Å². The number of hydrogen-bond donors (Lipinski definition) is 1. The summed E-state index contributed by atoms with van der Waals surface area (Å²) in [4.78, 5) is 0. The van der Waals surface area contributed by atoms with E-state index in [-0.39, 0.29) is 5.54 Å². The normalized spacial score (nSPS) is 21.8. The van der Waals surface area contributed by atoms with Crippen molar-refractivity contribution in [2.24, 2.45) is 0 Å². The standard InChI is InChI=1S/C8H17NOS/c1-3-4-5-8(9(2)11)6-10-7-8/h11H,3-7H2,1-2H3. The Morgan fingerprint density at radius 1 is 1.55 bits per heavy atom. The molecule has 0 N–H and O–H groups in total. The summed E-state index contributed by atoms with van der Waals surface area (Å²) in [6.45, 7) is 3.92. The fraction of sp³-hybridized carbons (Fsp3) is 1.00. The molecule has 11 heavy (non-hydrogen) atoms. The van der Waals surface area contributed by atoms with Crippen molar-refractivity contribution in [3.63, 3.8) is 0 Å². The van der Waals surface area contributed by atoms with Crippen LogP contribution in [0.3, 0.4) is 0 Å². The minimum Gasteiger partial charge on any atom is -0.377 e. The SMILES string of the molecule is CCCCC1(N(C)S)COC1. The highest BCUT2D eigenvalue weighted by molar-refractivity contribution is 7.77. The summed E-state index contributed by atoms with van der Waals surface area (Å²) in [5.41, 5.74) is 0.249. The quantitative estimate of drug-likeness (QED) is 0.653. The smallest absolute Gasteiger partial charge is 0.0773 e. The molecule has 0 aliphatic carbocycles. The molecule has 0 amide bonds. The van der Waals surface area contributed by atoms with Gasteiger partial charge in [0.25, 0.3) is 0 Å². The number of unbranched alkanes of at least 4 members (excludes halogenated alkanes) is 1. The molecule has 1 fully saturated rings. The lowest BCUT2D eigenvalue weighted by atomic mass is 9.91. The second-order valence-corrected chi connectivity index (χ2v) is 3.94. The molecule has 0 spiro atoms. The summed E-state index contributed by atoms with van der Waals surface area (Å²) in [5.74, 6) is 0. The van der Waals surface area contributed by atoms with E-state index in [1.54, 1.807) is 0 Å². The number of thiol groups is 1. The van der Waals surface area contributed by atoms with Crippen LogP contribution in [-0.2, 0) is 4.74 Å². The molecule has 2 nitrogen and oxygen atoms in total. The summed E-state index contributed by atoms with van der Waals surface area (Å²) >= 11 is 4.34. The summed E-state index contributed by atoms with van der Waals surface area (Å²) in [6.07, 6.45) is 3.74. The van der Waals surface area contributed by atoms with E-state index >= 15 is 0 Å². The Bertz CT molecular complexity index is 123. The van der Waals surface area contributed by atoms with E-state index in [1.165, 1.54) is 19.3 Å². The fourth-order valence-corrected chi connectivity index (χ4v) is 1.55. The Labute approximate surface area is 74.5 Å². The van der Waals surface area contributed by atoms with Crippen molar-refractivity contribution in [1.29, 1.82) is 0 Å². The van der Waals surface area contributed by atoms with Gasteiger partial charge in [-0.3, -0.25) is 0 Å². The molecule has 0 atom stereocenters.